The maximum atomic E-state index is 12.3. The lowest BCUT2D eigenvalue weighted by molar-refractivity contribution is -0.155. The van der Waals surface area contributed by atoms with Crippen molar-refractivity contribution < 1.29 is 23.8 Å². The molecule has 6 heteroatoms. The van der Waals surface area contributed by atoms with Crippen molar-refractivity contribution in [3.05, 3.63) is 53.6 Å². The highest BCUT2D eigenvalue weighted by Gasteiger charge is 2.20. The van der Waals surface area contributed by atoms with Crippen LogP contribution in [0.2, 0.25) is 0 Å². The van der Waals surface area contributed by atoms with Gasteiger partial charge in [-0.25, -0.2) is 4.79 Å². The number of aryl methyl sites for hydroxylation is 2. The zero-order valence-electron chi connectivity index (χ0n) is 16.2. The molecule has 0 fully saturated rings. The minimum absolute atomic E-state index is 0.244. The summed E-state index contributed by atoms with van der Waals surface area (Å²) in [6.07, 6.45) is 2.33. The third-order valence-corrected chi connectivity index (χ3v) is 4.55. The van der Waals surface area contributed by atoms with Gasteiger partial charge in [-0.15, -0.1) is 0 Å². The first-order valence-electron chi connectivity index (χ1n) is 9.53. The van der Waals surface area contributed by atoms with Crippen LogP contribution in [0.15, 0.2) is 42.5 Å². The smallest absolute Gasteiger partial charge is 0.344 e. The van der Waals surface area contributed by atoms with Crippen molar-refractivity contribution in [3.8, 4) is 11.5 Å². The second kappa shape index (κ2) is 9.26. The van der Waals surface area contributed by atoms with Crippen molar-refractivity contribution in [2.45, 2.75) is 39.2 Å². The fraction of sp³-hybridized carbons (Fsp3) is 0.364. The molecule has 1 atom stereocenters. The molecule has 1 aliphatic rings. The molecule has 1 N–H and O–H groups in total. The molecule has 0 saturated carbocycles. The fourth-order valence-corrected chi connectivity index (χ4v) is 3.15. The van der Waals surface area contributed by atoms with Crippen LogP contribution in [-0.2, 0) is 27.2 Å². The molecular weight excluding hydrogens is 358 g/mol. The van der Waals surface area contributed by atoms with Crippen LogP contribution in [-0.4, -0.2) is 31.2 Å². The number of ether oxygens (including phenoxy) is 3. The van der Waals surface area contributed by atoms with Crippen molar-refractivity contribution in [1.82, 2.24) is 0 Å². The zero-order valence-corrected chi connectivity index (χ0v) is 16.2. The molecule has 1 amide bonds. The summed E-state index contributed by atoms with van der Waals surface area (Å²) in [6.45, 7) is 3.62. The van der Waals surface area contributed by atoms with Crippen molar-refractivity contribution in [2.75, 3.05) is 18.5 Å². The minimum atomic E-state index is -0.953. The number of nitrogens with one attached hydrogen (secondary N) is 1. The fourth-order valence-electron chi connectivity index (χ4n) is 3.15. The summed E-state index contributed by atoms with van der Waals surface area (Å²) in [6, 6.07) is 13.0. The Morgan fingerprint density at radius 1 is 1.07 bits per heavy atom. The van der Waals surface area contributed by atoms with Gasteiger partial charge < -0.3 is 19.5 Å². The number of esters is 1. The normalized spacial score (nSPS) is 13.4. The Balaban J connectivity index is 1.49. The molecule has 148 valence electrons. The molecule has 6 nitrogen and oxygen atoms in total. The predicted octanol–water partition coefficient (Wildman–Crippen LogP) is 3.52. The monoisotopic (exact) mass is 383 g/mol. The Hall–Kier alpha value is -3.02. The van der Waals surface area contributed by atoms with Crippen LogP contribution >= 0.6 is 0 Å². The molecule has 0 unspecified atom stereocenters. The van der Waals surface area contributed by atoms with Crippen molar-refractivity contribution in [2.24, 2.45) is 0 Å². The van der Waals surface area contributed by atoms with Crippen molar-refractivity contribution >= 4 is 17.6 Å². The molecule has 28 heavy (non-hydrogen) atoms. The Morgan fingerprint density at radius 3 is 2.68 bits per heavy atom. The molecular formula is C22H25NO5. The molecule has 0 aliphatic heterocycles. The number of carbonyl (C=O) groups is 2. The summed E-state index contributed by atoms with van der Waals surface area (Å²) >= 11 is 0. The quantitative estimate of drug-likeness (QED) is 0.706. The highest BCUT2D eigenvalue weighted by molar-refractivity contribution is 5.96. The van der Waals surface area contributed by atoms with E-state index in [1.165, 1.54) is 18.1 Å². The van der Waals surface area contributed by atoms with Crippen LogP contribution in [0, 0.1) is 0 Å². The minimum Gasteiger partial charge on any atom is -0.492 e. The number of para-hydroxylation sites is 2. The first-order chi connectivity index (χ1) is 13.6. The van der Waals surface area contributed by atoms with Gasteiger partial charge in [-0.1, -0.05) is 18.2 Å². The van der Waals surface area contributed by atoms with E-state index in [9.17, 15) is 9.59 Å². The number of rotatable bonds is 8. The van der Waals surface area contributed by atoms with Gasteiger partial charge in [0, 0.05) is 0 Å². The summed E-state index contributed by atoms with van der Waals surface area (Å²) in [5.41, 5.74) is 3.14. The highest BCUT2D eigenvalue weighted by atomic mass is 16.6. The van der Waals surface area contributed by atoms with E-state index in [1.54, 1.807) is 18.2 Å². The summed E-state index contributed by atoms with van der Waals surface area (Å²) in [5.74, 6) is 0.177. The number of hydrogen-bond donors (Lipinski definition) is 1. The molecule has 2 aromatic carbocycles. The van der Waals surface area contributed by atoms with Gasteiger partial charge in [0.25, 0.3) is 5.91 Å². The Morgan fingerprint density at radius 2 is 1.86 bits per heavy atom. The average Bonchev–Trinajstić information content (AvgIpc) is 3.16. The first-order valence-corrected chi connectivity index (χ1v) is 9.53. The molecule has 2 aromatic rings. The molecule has 3 rings (SSSR count). The van der Waals surface area contributed by atoms with E-state index in [0.29, 0.717) is 23.8 Å². The Bertz CT molecular complexity index is 849. The van der Waals surface area contributed by atoms with Crippen LogP contribution in [0.1, 0.15) is 31.4 Å². The van der Waals surface area contributed by atoms with E-state index in [0.717, 1.165) is 19.3 Å². The van der Waals surface area contributed by atoms with Gasteiger partial charge in [-0.2, -0.15) is 0 Å². The maximum absolute atomic E-state index is 12.3. The van der Waals surface area contributed by atoms with E-state index in [1.807, 2.05) is 31.2 Å². The maximum Gasteiger partial charge on any atom is 0.344 e. The molecule has 0 aromatic heterocycles. The SMILES string of the molecule is CCOc1ccccc1NC(=O)[C@@H](C)OC(=O)COc1ccc2c(c1)CCC2. The second-order valence-corrected chi connectivity index (χ2v) is 6.62. The third kappa shape index (κ3) is 5.03. The van der Waals surface area contributed by atoms with Gasteiger partial charge in [0.2, 0.25) is 0 Å². The second-order valence-electron chi connectivity index (χ2n) is 6.62. The lowest BCUT2D eigenvalue weighted by Gasteiger charge is -2.16. The van der Waals surface area contributed by atoms with Crippen molar-refractivity contribution in [3.63, 3.8) is 0 Å². The molecule has 0 spiro atoms. The van der Waals surface area contributed by atoms with Gasteiger partial charge in [-0.3, -0.25) is 4.79 Å². The van der Waals surface area contributed by atoms with E-state index in [-0.39, 0.29) is 6.61 Å². The molecule has 0 saturated heterocycles. The topological polar surface area (TPSA) is 73.9 Å². The van der Waals surface area contributed by atoms with Gasteiger partial charge in [0.05, 0.1) is 12.3 Å². The van der Waals surface area contributed by atoms with Crippen LogP contribution < -0.4 is 14.8 Å². The molecule has 0 radical (unpaired) electrons. The Kier molecular flexibility index (Phi) is 6.53. The number of hydrogen-bond acceptors (Lipinski definition) is 5. The molecule has 0 heterocycles. The van der Waals surface area contributed by atoms with Crippen LogP contribution in [0.5, 0.6) is 11.5 Å². The summed E-state index contributed by atoms with van der Waals surface area (Å²) in [7, 11) is 0. The van der Waals surface area contributed by atoms with Crippen LogP contribution in [0.3, 0.4) is 0 Å². The average molecular weight is 383 g/mol. The zero-order chi connectivity index (χ0) is 19.9. The standard InChI is InChI=1S/C22H25NO5/c1-3-26-20-10-5-4-9-19(20)23-22(25)15(2)28-21(24)14-27-18-12-11-16-7-6-8-17(16)13-18/h4-5,9-13,15H,3,6-8,14H2,1-2H3,(H,23,25)/t15-/m1/s1. The summed E-state index contributed by atoms with van der Waals surface area (Å²) < 4.78 is 16.2. The van der Waals surface area contributed by atoms with Gasteiger partial charge in [0.15, 0.2) is 12.7 Å². The van der Waals surface area contributed by atoms with Crippen LogP contribution in [0.4, 0.5) is 5.69 Å². The summed E-state index contributed by atoms with van der Waals surface area (Å²) in [4.78, 5) is 24.4. The van der Waals surface area contributed by atoms with Crippen molar-refractivity contribution in [1.29, 1.82) is 0 Å². The van der Waals surface area contributed by atoms with E-state index in [2.05, 4.69) is 5.32 Å². The van der Waals surface area contributed by atoms with E-state index >= 15 is 0 Å². The number of fused-ring (bicyclic) bond motifs is 1. The van der Waals surface area contributed by atoms with Gasteiger partial charge in [-0.05, 0) is 68.5 Å². The van der Waals surface area contributed by atoms with E-state index in [4.69, 9.17) is 14.2 Å². The number of anilines is 1. The molecule has 1 aliphatic carbocycles. The molecule has 0 bridgehead atoms. The first kappa shape index (κ1) is 19.7. The third-order valence-electron chi connectivity index (χ3n) is 4.55. The number of carbonyl (C=O) groups excluding carboxylic acids is 2. The highest BCUT2D eigenvalue weighted by Crippen LogP contribution is 2.26. The van der Waals surface area contributed by atoms with Gasteiger partial charge in [0.1, 0.15) is 11.5 Å². The number of benzene rings is 2. The van der Waals surface area contributed by atoms with E-state index < -0.39 is 18.0 Å². The lowest BCUT2D eigenvalue weighted by atomic mass is 10.1. The Labute approximate surface area is 164 Å². The largest absolute Gasteiger partial charge is 0.492 e. The predicted molar refractivity (Wildman–Crippen MR) is 106 cm³/mol. The number of amides is 1. The summed E-state index contributed by atoms with van der Waals surface area (Å²) in [5, 5.41) is 2.72. The lowest BCUT2D eigenvalue weighted by Crippen LogP contribution is -2.31. The van der Waals surface area contributed by atoms with Gasteiger partial charge >= 0.3 is 5.97 Å². The van der Waals surface area contributed by atoms with Crippen LogP contribution in [0.25, 0.3) is 0 Å².